The van der Waals surface area contributed by atoms with E-state index >= 15 is 0 Å². The summed E-state index contributed by atoms with van der Waals surface area (Å²) in [5, 5.41) is 14.2. The number of hydrogen-bond donors (Lipinski definition) is 1. The molecule has 2 nitrogen and oxygen atoms in total. The third kappa shape index (κ3) is 2.59. The molecule has 0 aromatic heterocycles. The fourth-order valence-corrected chi connectivity index (χ4v) is 3.63. The lowest BCUT2D eigenvalue weighted by molar-refractivity contribution is 0.0699. The van der Waals surface area contributed by atoms with Crippen LogP contribution in [0.2, 0.25) is 0 Å². The van der Waals surface area contributed by atoms with Crippen molar-refractivity contribution in [1.29, 1.82) is 0 Å². The van der Waals surface area contributed by atoms with Crippen molar-refractivity contribution in [2.24, 2.45) is 0 Å². The summed E-state index contributed by atoms with van der Waals surface area (Å²) >= 11 is 0. The Morgan fingerprint density at radius 3 is 2.00 bits per heavy atom. The van der Waals surface area contributed by atoms with Crippen molar-refractivity contribution in [3.8, 4) is 0 Å². The minimum atomic E-state index is -0.842. The van der Waals surface area contributed by atoms with Gasteiger partial charge in [-0.3, -0.25) is 0 Å². The van der Waals surface area contributed by atoms with Crippen LogP contribution in [0.5, 0.6) is 0 Å². The number of aryl methyl sites for hydroxylation is 2. The summed E-state index contributed by atoms with van der Waals surface area (Å²) in [5.74, 6) is -0.842. The van der Waals surface area contributed by atoms with Crippen LogP contribution in [0, 0.1) is 0 Å². The van der Waals surface area contributed by atoms with Gasteiger partial charge in [0.1, 0.15) is 0 Å². The molecule has 23 heavy (non-hydrogen) atoms. The Morgan fingerprint density at radius 1 is 0.826 bits per heavy atom. The van der Waals surface area contributed by atoms with Crippen LogP contribution in [0.15, 0.2) is 42.5 Å². The predicted molar refractivity (Wildman–Crippen MR) is 96.4 cm³/mol. The van der Waals surface area contributed by atoms with Crippen LogP contribution in [0.25, 0.3) is 21.5 Å². The van der Waals surface area contributed by atoms with E-state index in [4.69, 9.17) is 0 Å². The van der Waals surface area contributed by atoms with Crippen molar-refractivity contribution in [2.45, 2.75) is 39.5 Å². The number of hydrogen-bond acceptors (Lipinski definition) is 1. The first-order chi connectivity index (χ1) is 11.2. The monoisotopic (exact) mass is 306 g/mol. The standard InChI is InChI=1S/C21H22O2/c1-3-8-14-15-10-5-6-11-16(15)17(9-4-2)20-18(14)12-7-13-19(20)21(22)23/h5-7,10-13H,3-4,8-9H2,1-2H3,(H,22,23). The fraction of sp³-hybridized carbons (Fsp3) is 0.286. The predicted octanol–water partition coefficient (Wildman–Crippen LogP) is 5.60. The van der Waals surface area contributed by atoms with Gasteiger partial charge in [-0.05, 0) is 46.2 Å². The van der Waals surface area contributed by atoms with E-state index in [1.165, 1.54) is 21.9 Å². The number of carbonyl (C=O) groups is 1. The van der Waals surface area contributed by atoms with Crippen molar-refractivity contribution < 1.29 is 9.90 Å². The van der Waals surface area contributed by atoms with Gasteiger partial charge >= 0.3 is 5.97 Å². The molecule has 0 amide bonds. The van der Waals surface area contributed by atoms with Gasteiger partial charge in [0.05, 0.1) is 5.56 Å². The average molecular weight is 306 g/mol. The van der Waals surface area contributed by atoms with Gasteiger partial charge in [0.15, 0.2) is 0 Å². The number of rotatable bonds is 5. The molecular weight excluding hydrogens is 284 g/mol. The Balaban J connectivity index is 2.56. The SMILES string of the molecule is CCCc1c2ccccc2c(CCC)c2c(C(=O)O)cccc12. The van der Waals surface area contributed by atoms with E-state index in [0.29, 0.717) is 5.56 Å². The second-order valence-electron chi connectivity index (χ2n) is 6.04. The number of carboxylic acid groups (broad SMARTS) is 1. The molecule has 3 aromatic carbocycles. The van der Waals surface area contributed by atoms with E-state index in [0.717, 1.165) is 36.5 Å². The molecule has 0 saturated heterocycles. The molecule has 3 aromatic rings. The molecule has 0 aliphatic heterocycles. The molecule has 118 valence electrons. The molecule has 0 fully saturated rings. The van der Waals surface area contributed by atoms with Crippen molar-refractivity contribution in [1.82, 2.24) is 0 Å². The Labute approximate surface area is 136 Å². The third-order valence-electron chi connectivity index (χ3n) is 4.50. The number of carboxylic acids is 1. The molecule has 0 spiro atoms. The fourth-order valence-electron chi connectivity index (χ4n) is 3.63. The van der Waals surface area contributed by atoms with Crippen LogP contribution in [0.3, 0.4) is 0 Å². The van der Waals surface area contributed by atoms with Gasteiger partial charge in [0.25, 0.3) is 0 Å². The van der Waals surface area contributed by atoms with Crippen molar-refractivity contribution >= 4 is 27.5 Å². The summed E-state index contributed by atoms with van der Waals surface area (Å²) in [6.07, 6.45) is 3.91. The molecule has 0 atom stereocenters. The van der Waals surface area contributed by atoms with Crippen molar-refractivity contribution in [3.05, 3.63) is 59.2 Å². The first-order valence-corrected chi connectivity index (χ1v) is 8.37. The van der Waals surface area contributed by atoms with Gasteiger partial charge in [0, 0.05) is 5.39 Å². The zero-order valence-corrected chi connectivity index (χ0v) is 13.7. The van der Waals surface area contributed by atoms with Crippen LogP contribution in [-0.4, -0.2) is 11.1 Å². The summed E-state index contributed by atoms with van der Waals surface area (Å²) < 4.78 is 0. The molecule has 0 radical (unpaired) electrons. The average Bonchev–Trinajstić information content (AvgIpc) is 2.57. The van der Waals surface area contributed by atoms with Crippen LogP contribution in [0.1, 0.15) is 48.2 Å². The minimum Gasteiger partial charge on any atom is -0.478 e. The lowest BCUT2D eigenvalue weighted by Gasteiger charge is -2.18. The molecule has 2 heteroatoms. The van der Waals surface area contributed by atoms with E-state index in [9.17, 15) is 9.90 Å². The van der Waals surface area contributed by atoms with E-state index in [1.807, 2.05) is 12.1 Å². The molecule has 3 rings (SSSR count). The number of benzene rings is 3. The zero-order chi connectivity index (χ0) is 16.4. The van der Waals surface area contributed by atoms with Crippen LogP contribution in [-0.2, 0) is 12.8 Å². The molecular formula is C21H22O2. The highest BCUT2D eigenvalue weighted by Crippen LogP contribution is 2.36. The van der Waals surface area contributed by atoms with Gasteiger partial charge in [-0.1, -0.05) is 63.1 Å². The topological polar surface area (TPSA) is 37.3 Å². The summed E-state index contributed by atoms with van der Waals surface area (Å²) in [5.41, 5.74) is 2.88. The smallest absolute Gasteiger partial charge is 0.336 e. The molecule has 0 aliphatic carbocycles. The van der Waals surface area contributed by atoms with Gasteiger partial charge in [-0.2, -0.15) is 0 Å². The minimum absolute atomic E-state index is 0.425. The maximum atomic E-state index is 11.8. The maximum absolute atomic E-state index is 11.8. The van der Waals surface area contributed by atoms with E-state index in [1.54, 1.807) is 6.07 Å². The first-order valence-electron chi connectivity index (χ1n) is 8.37. The molecule has 0 unspecified atom stereocenters. The Morgan fingerprint density at radius 2 is 1.39 bits per heavy atom. The Hall–Kier alpha value is -2.35. The Kier molecular flexibility index (Phi) is 4.33. The number of aromatic carboxylic acids is 1. The van der Waals surface area contributed by atoms with Crippen LogP contribution < -0.4 is 0 Å². The largest absolute Gasteiger partial charge is 0.478 e. The highest BCUT2D eigenvalue weighted by molar-refractivity contribution is 6.13. The van der Waals surface area contributed by atoms with Crippen LogP contribution >= 0.6 is 0 Å². The molecule has 0 saturated carbocycles. The molecule has 0 aliphatic rings. The Bertz CT molecular complexity index is 878. The molecule has 0 bridgehead atoms. The maximum Gasteiger partial charge on any atom is 0.336 e. The highest BCUT2D eigenvalue weighted by Gasteiger charge is 2.18. The van der Waals surface area contributed by atoms with Gasteiger partial charge in [-0.15, -0.1) is 0 Å². The second-order valence-corrected chi connectivity index (χ2v) is 6.04. The highest BCUT2D eigenvalue weighted by atomic mass is 16.4. The van der Waals surface area contributed by atoms with E-state index < -0.39 is 5.97 Å². The molecule has 1 N–H and O–H groups in total. The summed E-state index contributed by atoms with van der Waals surface area (Å²) in [7, 11) is 0. The summed E-state index contributed by atoms with van der Waals surface area (Å²) in [6.45, 7) is 4.31. The summed E-state index contributed by atoms with van der Waals surface area (Å²) in [4.78, 5) is 11.8. The van der Waals surface area contributed by atoms with E-state index in [2.05, 4.69) is 38.1 Å². The molecule has 0 heterocycles. The zero-order valence-electron chi connectivity index (χ0n) is 13.7. The van der Waals surface area contributed by atoms with Gasteiger partial charge < -0.3 is 5.11 Å². The summed E-state index contributed by atoms with van der Waals surface area (Å²) in [6, 6.07) is 14.1. The van der Waals surface area contributed by atoms with Gasteiger partial charge in [0.2, 0.25) is 0 Å². The lowest BCUT2D eigenvalue weighted by atomic mass is 9.86. The normalized spacial score (nSPS) is 11.2. The first kappa shape index (κ1) is 15.5. The van der Waals surface area contributed by atoms with Crippen molar-refractivity contribution in [3.63, 3.8) is 0 Å². The van der Waals surface area contributed by atoms with Gasteiger partial charge in [-0.25, -0.2) is 4.79 Å². The van der Waals surface area contributed by atoms with E-state index in [-0.39, 0.29) is 0 Å². The third-order valence-corrected chi connectivity index (χ3v) is 4.50. The number of fused-ring (bicyclic) bond motifs is 2. The second kappa shape index (κ2) is 6.41. The van der Waals surface area contributed by atoms with Crippen LogP contribution in [0.4, 0.5) is 0 Å². The quantitative estimate of drug-likeness (QED) is 0.623. The lowest BCUT2D eigenvalue weighted by Crippen LogP contribution is -2.03. The van der Waals surface area contributed by atoms with Crippen molar-refractivity contribution in [2.75, 3.05) is 0 Å².